The number of carbonyl (C=O) groups excluding carboxylic acids is 2. The van der Waals surface area contributed by atoms with Gasteiger partial charge in [0.1, 0.15) is 23.3 Å². The van der Waals surface area contributed by atoms with Gasteiger partial charge in [0, 0.05) is 42.5 Å². The summed E-state index contributed by atoms with van der Waals surface area (Å²) in [6, 6.07) is 11.9. The number of aliphatic hydroxyl groups excluding tert-OH is 1. The number of amides is 3. The van der Waals surface area contributed by atoms with E-state index in [0.29, 0.717) is 16.8 Å². The number of pyridine rings is 1. The van der Waals surface area contributed by atoms with Crippen molar-refractivity contribution < 1.29 is 28.2 Å². The van der Waals surface area contributed by atoms with Gasteiger partial charge in [0.05, 0.1) is 19.2 Å². The molecule has 1 unspecified atom stereocenters. The molecule has 0 saturated carbocycles. The smallest absolute Gasteiger partial charge is 0.321 e. The zero-order valence-electron chi connectivity index (χ0n) is 22.4. The highest BCUT2D eigenvalue weighted by atomic mass is 19.1. The number of hydrogen-bond donors (Lipinski definition) is 2. The van der Waals surface area contributed by atoms with Crippen molar-refractivity contribution in [2.75, 3.05) is 32.1 Å². The fourth-order valence-corrected chi connectivity index (χ4v) is 4.17. The second kappa shape index (κ2) is 12.6. The fourth-order valence-electron chi connectivity index (χ4n) is 4.17. The Hall–Kier alpha value is -4.49. The molecule has 1 aliphatic heterocycles. The first-order valence-electron chi connectivity index (χ1n) is 12.8. The van der Waals surface area contributed by atoms with Crippen LogP contribution in [0.5, 0.6) is 5.88 Å². The molecule has 3 aromatic rings. The van der Waals surface area contributed by atoms with E-state index in [1.165, 1.54) is 47.5 Å². The number of aliphatic hydroxyl groups is 1. The molecule has 3 atom stereocenters. The van der Waals surface area contributed by atoms with Gasteiger partial charge in [0.2, 0.25) is 5.88 Å². The summed E-state index contributed by atoms with van der Waals surface area (Å²) in [5.74, 6) is 4.60. The van der Waals surface area contributed by atoms with Gasteiger partial charge in [-0.2, -0.15) is 0 Å². The number of fused-ring (bicyclic) bond motifs is 1. The van der Waals surface area contributed by atoms with Crippen LogP contribution in [0, 0.1) is 29.4 Å². The number of hydrogen-bond acceptors (Lipinski definition) is 5. The number of aromatic nitrogens is 1. The minimum Gasteiger partial charge on any atom is -0.472 e. The number of nitrogens with one attached hydrogen (secondary N) is 1. The van der Waals surface area contributed by atoms with Crippen molar-refractivity contribution in [2.24, 2.45) is 5.92 Å². The third-order valence-corrected chi connectivity index (χ3v) is 6.61. The summed E-state index contributed by atoms with van der Waals surface area (Å²) in [7, 11) is 1.61. The minimum atomic E-state index is -0.548. The Bertz CT molecular complexity index is 1420. The van der Waals surface area contributed by atoms with Crippen LogP contribution >= 0.6 is 0 Å². The third kappa shape index (κ3) is 6.93. The van der Waals surface area contributed by atoms with Gasteiger partial charge < -0.3 is 25.0 Å². The lowest BCUT2D eigenvalue weighted by atomic mass is 10.00. The van der Waals surface area contributed by atoms with Crippen LogP contribution in [0.25, 0.3) is 0 Å². The Balaban J connectivity index is 1.60. The molecule has 0 bridgehead atoms. The molecule has 3 amide bonds. The number of nitrogens with zero attached hydrogens (tertiary/aromatic N) is 3. The number of likely N-dealkylation sites (N-methyl/N-ethyl adjacent to an activating group) is 1. The normalized spacial score (nSPS) is 17.4. The van der Waals surface area contributed by atoms with Crippen molar-refractivity contribution in [1.82, 2.24) is 14.8 Å². The summed E-state index contributed by atoms with van der Waals surface area (Å²) in [6.45, 7) is 3.83. The zero-order valence-corrected chi connectivity index (χ0v) is 22.4. The van der Waals surface area contributed by atoms with E-state index < -0.39 is 24.0 Å². The second-order valence-electron chi connectivity index (χ2n) is 9.77. The highest BCUT2D eigenvalue weighted by Crippen LogP contribution is 2.27. The summed E-state index contributed by atoms with van der Waals surface area (Å²) in [5, 5.41) is 12.6. The SMILES string of the molecule is CC(CO)N1C[C@H](C)[C@@H](CN(C)C(=O)Nc2ccc(F)cc2)Oc2ncc(C#Cc3ccc(F)cc3)cc2C1=O. The van der Waals surface area contributed by atoms with Crippen LogP contribution in [0.4, 0.5) is 19.3 Å². The highest BCUT2D eigenvalue weighted by Gasteiger charge is 2.34. The van der Waals surface area contributed by atoms with Gasteiger partial charge in [-0.3, -0.25) is 4.79 Å². The number of benzene rings is 2. The van der Waals surface area contributed by atoms with Crippen molar-refractivity contribution in [3.63, 3.8) is 0 Å². The molecular weight excluding hydrogens is 518 g/mol. The maximum absolute atomic E-state index is 13.6. The lowest BCUT2D eigenvalue weighted by Gasteiger charge is -2.37. The number of ether oxygens (including phenoxy) is 1. The highest BCUT2D eigenvalue weighted by molar-refractivity contribution is 5.97. The first kappa shape index (κ1) is 28.5. The Kier molecular flexibility index (Phi) is 8.97. The van der Waals surface area contributed by atoms with Crippen LogP contribution in [-0.2, 0) is 0 Å². The average Bonchev–Trinajstić information content (AvgIpc) is 2.95. The average molecular weight is 549 g/mol. The van der Waals surface area contributed by atoms with Crippen LogP contribution in [-0.4, -0.2) is 70.7 Å². The van der Waals surface area contributed by atoms with Crippen LogP contribution in [0.2, 0.25) is 0 Å². The first-order chi connectivity index (χ1) is 19.1. The second-order valence-corrected chi connectivity index (χ2v) is 9.77. The van der Waals surface area contributed by atoms with Crippen molar-refractivity contribution in [3.05, 3.63) is 89.1 Å². The maximum atomic E-state index is 13.6. The molecule has 4 rings (SSSR count). The molecule has 2 aromatic carbocycles. The molecule has 40 heavy (non-hydrogen) atoms. The van der Waals surface area contributed by atoms with Gasteiger partial charge in [-0.15, -0.1) is 0 Å². The number of carbonyl (C=O) groups is 2. The molecule has 0 fully saturated rings. The van der Waals surface area contributed by atoms with Crippen LogP contribution < -0.4 is 10.1 Å². The molecule has 0 aliphatic carbocycles. The van der Waals surface area contributed by atoms with E-state index in [2.05, 4.69) is 22.1 Å². The van der Waals surface area contributed by atoms with Crippen molar-refractivity contribution in [1.29, 1.82) is 0 Å². The Labute approximate surface area is 231 Å². The number of halogens is 2. The molecule has 1 aliphatic rings. The Morgan fingerprint density at radius 1 is 1.15 bits per heavy atom. The van der Waals surface area contributed by atoms with Gasteiger partial charge in [-0.25, -0.2) is 18.6 Å². The number of rotatable bonds is 5. The molecule has 1 aromatic heterocycles. The number of anilines is 1. The summed E-state index contributed by atoms with van der Waals surface area (Å²) < 4.78 is 32.6. The van der Waals surface area contributed by atoms with E-state index in [-0.39, 0.29) is 48.8 Å². The predicted molar refractivity (Wildman–Crippen MR) is 146 cm³/mol. The summed E-state index contributed by atoms with van der Waals surface area (Å²) >= 11 is 0. The van der Waals surface area contributed by atoms with E-state index >= 15 is 0 Å². The molecule has 208 valence electrons. The predicted octanol–water partition coefficient (Wildman–Crippen LogP) is 4.14. The molecule has 2 N–H and O–H groups in total. The minimum absolute atomic E-state index is 0.0939. The monoisotopic (exact) mass is 548 g/mol. The fraction of sp³-hybridized carbons (Fsp3) is 0.300. The van der Waals surface area contributed by atoms with Crippen LogP contribution in [0.1, 0.15) is 35.3 Å². The van der Waals surface area contributed by atoms with E-state index in [9.17, 15) is 23.5 Å². The molecule has 10 heteroatoms. The van der Waals surface area contributed by atoms with E-state index in [1.54, 1.807) is 37.1 Å². The van der Waals surface area contributed by atoms with Gasteiger partial charge in [-0.1, -0.05) is 18.8 Å². The lowest BCUT2D eigenvalue weighted by molar-refractivity contribution is 0.0356. The summed E-state index contributed by atoms with van der Waals surface area (Å²) in [4.78, 5) is 33.8. The van der Waals surface area contributed by atoms with Crippen molar-refractivity contribution >= 4 is 17.6 Å². The van der Waals surface area contributed by atoms with Crippen LogP contribution in [0.3, 0.4) is 0 Å². The Morgan fingerprint density at radius 3 is 2.42 bits per heavy atom. The largest absolute Gasteiger partial charge is 0.472 e. The van der Waals surface area contributed by atoms with Crippen molar-refractivity contribution in [2.45, 2.75) is 26.0 Å². The van der Waals surface area contributed by atoms with E-state index in [1.807, 2.05) is 6.92 Å². The molecule has 8 nitrogen and oxygen atoms in total. The van der Waals surface area contributed by atoms with Gasteiger partial charge in [0.15, 0.2) is 0 Å². The third-order valence-electron chi connectivity index (χ3n) is 6.61. The van der Waals surface area contributed by atoms with Crippen LogP contribution in [0.15, 0.2) is 60.8 Å². The van der Waals surface area contributed by atoms with E-state index in [0.717, 1.165) is 0 Å². The number of urea groups is 1. The maximum Gasteiger partial charge on any atom is 0.321 e. The van der Waals surface area contributed by atoms with E-state index in [4.69, 9.17) is 4.74 Å². The van der Waals surface area contributed by atoms with Crippen molar-refractivity contribution in [3.8, 4) is 17.7 Å². The summed E-state index contributed by atoms with van der Waals surface area (Å²) in [5.41, 5.74) is 1.68. The molecular formula is C30H30F2N4O4. The Morgan fingerprint density at radius 2 is 1.77 bits per heavy atom. The molecule has 2 heterocycles. The van der Waals surface area contributed by atoms with Gasteiger partial charge in [0.25, 0.3) is 5.91 Å². The first-order valence-corrected chi connectivity index (χ1v) is 12.8. The lowest BCUT2D eigenvalue weighted by Crippen LogP contribution is -2.50. The van der Waals surface area contributed by atoms with Gasteiger partial charge >= 0.3 is 6.03 Å². The zero-order chi connectivity index (χ0) is 28.8. The standard InChI is InChI=1S/C30H30F2N4O4/c1-19-16-36(20(2)18-37)29(38)26-14-22(5-4-21-6-8-23(31)9-7-21)15-33-28(26)40-27(19)17-35(3)30(39)34-25-12-10-24(32)11-13-25/h6-15,19-20,27,37H,16-18H2,1-3H3,(H,34,39)/t19-,20?,27+/m0/s1. The topological polar surface area (TPSA) is 95.0 Å². The van der Waals surface area contributed by atoms with Gasteiger partial charge in [-0.05, 0) is 61.5 Å². The molecule has 0 saturated heterocycles. The molecule has 0 radical (unpaired) electrons. The molecule has 0 spiro atoms. The summed E-state index contributed by atoms with van der Waals surface area (Å²) in [6.07, 6.45) is 0.935. The quantitative estimate of drug-likeness (QED) is 0.468.